The van der Waals surface area contributed by atoms with Crippen LogP contribution in [0, 0.1) is 0 Å². The predicted molar refractivity (Wildman–Crippen MR) is 63.9 cm³/mol. The van der Waals surface area contributed by atoms with E-state index in [4.69, 9.17) is 10.8 Å². The van der Waals surface area contributed by atoms with Crippen molar-refractivity contribution < 1.29 is 9.66 Å². The lowest BCUT2D eigenvalue weighted by Gasteiger charge is -2.25. The predicted octanol–water partition coefficient (Wildman–Crippen LogP) is 0.523. The van der Waals surface area contributed by atoms with Gasteiger partial charge < -0.3 is 15.4 Å². The second-order valence-electron chi connectivity index (χ2n) is 4.21. The zero-order chi connectivity index (χ0) is 11.6. The summed E-state index contributed by atoms with van der Waals surface area (Å²) in [5, 5.41) is 8.76. The largest absolute Gasteiger partial charge is 0.610 e. The van der Waals surface area contributed by atoms with Crippen molar-refractivity contribution in [2.75, 3.05) is 32.8 Å². The molecule has 5 heteroatoms. The molecule has 15 heavy (non-hydrogen) atoms. The van der Waals surface area contributed by atoms with Gasteiger partial charge in [0.2, 0.25) is 5.94 Å². The van der Waals surface area contributed by atoms with Gasteiger partial charge in [-0.25, -0.2) is 0 Å². The molecule has 0 saturated heterocycles. The first-order valence-electron chi connectivity index (χ1n) is 4.57. The minimum atomic E-state index is -1.37. The van der Waals surface area contributed by atoms with Crippen LogP contribution in [-0.2, 0) is 11.2 Å². The van der Waals surface area contributed by atoms with Crippen LogP contribution in [-0.4, -0.2) is 36.7 Å². The van der Waals surface area contributed by atoms with E-state index in [1.54, 1.807) is 12.1 Å². The number of nitrogens with zero attached hydrogens (tertiary/aromatic N) is 1. The summed E-state index contributed by atoms with van der Waals surface area (Å²) in [4.78, 5) is 0.562. The Labute approximate surface area is 93.1 Å². The molecule has 1 aromatic rings. The third-order valence-electron chi connectivity index (χ3n) is 2.10. The topological polar surface area (TPSA) is 69.3 Å². The highest BCUT2D eigenvalue weighted by Crippen LogP contribution is 2.28. The zero-order valence-corrected chi connectivity index (χ0v) is 10.0. The van der Waals surface area contributed by atoms with E-state index in [1.807, 2.05) is 27.2 Å². The summed E-state index contributed by atoms with van der Waals surface area (Å²) < 4.78 is 11.9. The molecule has 3 N–H and O–H groups in total. The van der Waals surface area contributed by atoms with Gasteiger partial charge in [0.25, 0.3) is 0 Å². The van der Waals surface area contributed by atoms with Crippen LogP contribution in [0.4, 0.5) is 11.4 Å². The fourth-order valence-electron chi connectivity index (χ4n) is 1.36. The summed E-state index contributed by atoms with van der Waals surface area (Å²) in [6.45, 7) is 0. The summed E-state index contributed by atoms with van der Waals surface area (Å²) >= 11 is -1.37. The number of hydrogen-bond acceptors (Lipinski definition) is 3. The van der Waals surface area contributed by atoms with Crippen LogP contribution >= 0.6 is 0 Å². The van der Waals surface area contributed by atoms with Crippen LogP contribution in [0.1, 0.15) is 0 Å². The maximum absolute atomic E-state index is 11.3. The van der Waals surface area contributed by atoms with E-state index in [1.165, 1.54) is 0 Å². The molecule has 0 fully saturated rings. The van der Waals surface area contributed by atoms with Crippen LogP contribution in [0.25, 0.3) is 0 Å². The van der Waals surface area contributed by atoms with Crippen molar-refractivity contribution >= 4 is 22.6 Å². The highest BCUT2D eigenvalue weighted by molar-refractivity contribution is 7.91. The Morgan fingerprint density at radius 1 is 1.40 bits per heavy atom. The molecule has 0 aromatic heterocycles. The Morgan fingerprint density at radius 2 is 2.00 bits per heavy atom. The number of hydrogen-bond donors (Lipinski definition) is 2. The molecule has 1 atom stereocenters. The number of aliphatic hydroxyl groups excluding tert-OH is 1. The van der Waals surface area contributed by atoms with Crippen molar-refractivity contribution in [3.8, 4) is 0 Å². The number of quaternary nitrogens is 1. The van der Waals surface area contributed by atoms with Gasteiger partial charge >= 0.3 is 0 Å². The van der Waals surface area contributed by atoms with Crippen LogP contribution in [0.5, 0.6) is 0 Å². The molecular weight excluding hydrogens is 212 g/mol. The van der Waals surface area contributed by atoms with E-state index in [9.17, 15) is 4.55 Å². The first-order valence-corrected chi connectivity index (χ1v) is 5.89. The Morgan fingerprint density at radius 3 is 2.40 bits per heavy atom. The van der Waals surface area contributed by atoms with E-state index < -0.39 is 11.2 Å². The van der Waals surface area contributed by atoms with Gasteiger partial charge in [-0.15, -0.1) is 0 Å². The van der Waals surface area contributed by atoms with E-state index in [2.05, 4.69) is 0 Å². The number of nitrogen functional groups attached to an aromatic ring is 1. The molecule has 4 nitrogen and oxygen atoms in total. The second-order valence-corrected chi connectivity index (χ2v) is 5.63. The number of rotatable bonds is 3. The molecule has 0 spiro atoms. The smallest absolute Gasteiger partial charge is 0.208 e. The van der Waals surface area contributed by atoms with Gasteiger partial charge in [0.15, 0.2) is 10.6 Å². The average Bonchev–Trinajstić information content (AvgIpc) is 2.14. The lowest BCUT2D eigenvalue weighted by molar-refractivity contribution is 0.358. The minimum Gasteiger partial charge on any atom is -0.610 e. The van der Waals surface area contributed by atoms with Gasteiger partial charge in [-0.05, 0) is 6.07 Å². The van der Waals surface area contributed by atoms with Crippen LogP contribution in [0.3, 0.4) is 0 Å². The zero-order valence-electron chi connectivity index (χ0n) is 9.23. The SMILES string of the molecule is C[N+](C)(C)c1ccc([S+]([O-])CO)cc1N. The third-order valence-corrected chi connectivity index (χ3v) is 3.12. The van der Waals surface area contributed by atoms with Crippen molar-refractivity contribution in [3.05, 3.63) is 18.2 Å². The highest BCUT2D eigenvalue weighted by Gasteiger charge is 2.19. The number of anilines is 1. The fourth-order valence-corrected chi connectivity index (χ4v) is 1.99. The normalized spacial score (nSPS) is 13.9. The van der Waals surface area contributed by atoms with Gasteiger partial charge in [0.1, 0.15) is 0 Å². The maximum Gasteiger partial charge on any atom is 0.208 e. The first kappa shape index (κ1) is 12.3. The minimum absolute atomic E-state index is 0.372. The van der Waals surface area contributed by atoms with Gasteiger partial charge in [-0.3, -0.25) is 4.48 Å². The molecule has 0 aliphatic carbocycles. The fraction of sp³-hybridized carbons (Fsp3) is 0.400. The van der Waals surface area contributed by atoms with Gasteiger partial charge in [0.05, 0.1) is 26.8 Å². The maximum atomic E-state index is 11.3. The third kappa shape index (κ3) is 2.85. The summed E-state index contributed by atoms with van der Waals surface area (Å²) in [5.41, 5.74) is 7.43. The summed E-state index contributed by atoms with van der Waals surface area (Å²) in [7, 11) is 6.02. The Bertz CT molecular complexity index is 350. The van der Waals surface area contributed by atoms with E-state index >= 15 is 0 Å². The second kappa shape index (κ2) is 4.40. The van der Waals surface area contributed by atoms with Crippen molar-refractivity contribution in [1.82, 2.24) is 4.48 Å². The Kier molecular flexibility index (Phi) is 3.62. The average molecular weight is 229 g/mol. The summed E-state index contributed by atoms with van der Waals surface area (Å²) in [5.74, 6) is -0.372. The molecule has 84 valence electrons. The van der Waals surface area contributed by atoms with E-state index in [-0.39, 0.29) is 5.94 Å². The molecule has 1 aromatic carbocycles. The first-order chi connectivity index (χ1) is 6.86. The Balaban J connectivity index is 3.09. The van der Waals surface area contributed by atoms with Crippen LogP contribution in [0.2, 0.25) is 0 Å². The molecule has 0 bridgehead atoms. The summed E-state index contributed by atoms with van der Waals surface area (Å²) in [6.07, 6.45) is 0. The molecular formula is C10H17N2O2S+. The van der Waals surface area contributed by atoms with E-state index in [0.29, 0.717) is 15.1 Å². The van der Waals surface area contributed by atoms with Crippen molar-refractivity contribution in [2.24, 2.45) is 0 Å². The number of benzene rings is 1. The van der Waals surface area contributed by atoms with E-state index in [0.717, 1.165) is 5.69 Å². The molecule has 0 amide bonds. The quantitative estimate of drug-likeness (QED) is 0.451. The molecule has 0 saturated carbocycles. The molecule has 1 unspecified atom stereocenters. The monoisotopic (exact) mass is 229 g/mol. The van der Waals surface area contributed by atoms with Crippen LogP contribution < -0.4 is 10.2 Å². The van der Waals surface area contributed by atoms with Gasteiger partial charge in [-0.1, -0.05) is 0 Å². The number of aliphatic hydroxyl groups is 1. The van der Waals surface area contributed by atoms with Gasteiger partial charge in [0, 0.05) is 23.3 Å². The summed E-state index contributed by atoms with van der Waals surface area (Å²) in [6, 6.07) is 5.24. The molecule has 0 radical (unpaired) electrons. The molecule has 0 heterocycles. The van der Waals surface area contributed by atoms with Crippen molar-refractivity contribution in [1.29, 1.82) is 0 Å². The molecule has 1 rings (SSSR count). The lowest BCUT2D eigenvalue weighted by Crippen LogP contribution is -2.35. The Hall–Kier alpha value is -0.750. The van der Waals surface area contributed by atoms with Crippen molar-refractivity contribution in [2.45, 2.75) is 4.90 Å². The molecule has 0 aliphatic heterocycles. The lowest BCUT2D eigenvalue weighted by atomic mass is 10.2. The van der Waals surface area contributed by atoms with Crippen molar-refractivity contribution in [3.63, 3.8) is 0 Å². The van der Waals surface area contributed by atoms with Gasteiger partial charge in [-0.2, -0.15) is 0 Å². The van der Waals surface area contributed by atoms with Crippen LogP contribution in [0.15, 0.2) is 23.1 Å². The standard InChI is InChI=1S/C10H17N2O2S/c1-12(2,3)10-5-4-8(6-9(10)11)15(14)7-13/h4-6,13H,7,11H2,1-3H3/q+1. The number of nitrogens with two attached hydrogens (primary N) is 1. The molecule has 0 aliphatic rings. The highest BCUT2D eigenvalue weighted by atomic mass is 32.2.